The highest BCUT2D eigenvalue weighted by Crippen LogP contribution is 2.12. The van der Waals surface area contributed by atoms with Crippen molar-refractivity contribution < 1.29 is 4.42 Å². The second kappa shape index (κ2) is 5.53. The molecule has 2 N–H and O–H groups in total. The molecule has 18 heavy (non-hydrogen) atoms. The standard InChI is InChI=1S/C13H18N4O/c1-4-14-13-16-9(2)7-12(17-13)15-8-11-6-5-10(3)18-11/h5-7H,4,8H2,1-3H3,(H2,14,15,16,17). The van der Waals surface area contributed by atoms with Crippen LogP contribution in [-0.4, -0.2) is 16.5 Å². The van der Waals surface area contributed by atoms with Gasteiger partial charge in [-0.15, -0.1) is 0 Å². The molecule has 96 valence electrons. The molecule has 0 aliphatic heterocycles. The maximum Gasteiger partial charge on any atom is 0.224 e. The molecule has 2 aromatic heterocycles. The lowest BCUT2D eigenvalue weighted by atomic mass is 10.4. The molecule has 0 saturated carbocycles. The van der Waals surface area contributed by atoms with Crippen molar-refractivity contribution in [1.82, 2.24) is 9.97 Å². The fraction of sp³-hybridized carbons (Fsp3) is 0.385. The molecule has 2 heterocycles. The molecule has 0 unspecified atom stereocenters. The topological polar surface area (TPSA) is 63.0 Å². The zero-order chi connectivity index (χ0) is 13.0. The van der Waals surface area contributed by atoms with Crippen molar-refractivity contribution in [2.24, 2.45) is 0 Å². The minimum absolute atomic E-state index is 0.621. The molecule has 0 aromatic carbocycles. The van der Waals surface area contributed by atoms with Crippen LogP contribution in [0.15, 0.2) is 22.6 Å². The van der Waals surface area contributed by atoms with Crippen LogP contribution in [0.25, 0.3) is 0 Å². The fourth-order valence-electron chi connectivity index (χ4n) is 1.65. The molecule has 0 aliphatic carbocycles. The van der Waals surface area contributed by atoms with Gasteiger partial charge in [-0.2, -0.15) is 4.98 Å². The summed E-state index contributed by atoms with van der Waals surface area (Å²) in [5.74, 6) is 3.26. The van der Waals surface area contributed by atoms with Crippen molar-refractivity contribution >= 4 is 11.8 Å². The molecule has 2 aromatic rings. The van der Waals surface area contributed by atoms with E-state index in [0.29, 0.717) is 12.5 Å². The van der Waals surface area contributed by atoms with Gasteiger partial charge in [0.05, 0.1) is 6.54 Å². The molecule has 0 radical (unpaired) electrons. The van der Waals surface area contributed by atoms with Gasteiger partial charge < -0.3 is 15.1 Å². The highest BCUT2D eigenvalue weighted by atomic mass is 16.3. The Balaban J connectivity index is 2.04. The van der Waals surface area contributed by atoms with Gasteiger partial charge in [-0.25, -0.2) is 4.98 Å². The number of aromatic nitrogens is 2. The smallest absolute Gasteiger partial charge is 0.224 e. The highest BCUT2D eigenvalue weighted by molar-refractivity contribution is 5.42. The quantitative estimate of drug-likeness (QED) is 0.849. The van der Waals surface area contributed by atoms with Crippen LogP contribution < -0.4 is 10.6 Å². The summed E-state index contributed by atoms with van der Waals surface area (Å²) in [4.78, 5) is 8.67. The molecule has 0 aliphatic rings. The lowest BCUT2D eigenvalue weighted by Gasteiger charge is -2.07. The van der Waals surface area contributed by atoms with Gasteiger partial charge in [-0.3, -0.25) is 0 Å². The Morgan fingerprint density at radius 1 is 1.17 bits per heavy atom. The van der Waals surface area contributed by atoms with Crippen molar-refractivity contribution in [3.05, 3.63) is 35.4 Å². The first-order valence-electron chi connectivity index (χ1n) is 6.06. The van der Waals surface area contributed by atoms with Crippen LogP contribution in [0.5, 0.6) is 0 Å². The zero-order valence-electron chi connectivity index (χ0n) is 10.9. The number of furan rings is 1. The van der Waals surface area contributed by atoms with E-state index in [1.54, 1.807) is 0 Å². The lowest BCUT2D eigenvalue weighted by molar-refractivity contribution is 0.490. The Morgan fingerprint density at radius 2 is 2.00 bits per heavy atom. The van der Waals surface area contributed by atoms with Crippen molar-refractivity contribution in [3.63, 3.8) is 0 Å². The second-order valence-electron chi connectivity index (χ2n) is 4.11. The SMILES string of the molecule is CCNc1nc(C)cc(NCc2ccc(C)o2)n1. The molecule has 0 atom stereocenters. The van der Waals surface area contributed by atoms with Crippen molar-refractivity contribution in [3.8, 4) is 0 Å². The normalized spacial score (nSPS) is 10.4. The molecule has 0 amide bonds. The number of anilines is 2. The van der Waals surface area contributed by atoms with Crippen LogP contribution in [0.3, 0.4) is 0 Å². The van der Waals surface area contributed by atoms with Gasteiger partial charge in [0.25, 0.3) is 0 Å². The number of nitrogens with one attached hydrogen (secondary N) is 2. The molecule has 5 heteroatoms. The summed E-state index contributed by atoms with van der Waals surface area (Å²) in [7, 11) is 0. The Labute approximate surface area is 107 Å². The number of hydrogen-bond acceptors (Lipinski definition) is 5. The molecule has 0 spiro atoms. The molecule has 0 saturated heterocycles. The molecule has 2 rings (SSSR count). The summed E-state index contributed by atoms with van der Waals surface area (Å²) < 4.78 is 5.49. The summed E-state index contributed by atoms with van der Waals surface area (Å²) in [6.45, 7) is 7.33. The van der Waals surface area contributed by atoms with E-state index in [9.17, 15) is 0 Å². The minimum atomic E-state index is 0.621. The van der Waals surface area contributed by atoms with Crippen LogP contribution in [0.1, 0.15) is 24.1 Å². The average Bonchev–Trinajstić information content (AvgIpc) is 2.72. The number of hydrogen-bond donors (Lipinski definition) is 2. The Morgan fingerprint density at radius 3 is 2.67 bits per heavy atom. The Bertz CT molecular complexity index is 521. The van der Waals surface area contributed by atoms with Gasteiger partial charge >= 0.3 is 0 Å². The average molecular weight is 246 g/mol. The van der Waals surface area contributed by atoms with Crippen LogP contribution in [0, 0.1) is 13.8 Å². The van der Waals surface area contributed by atoms with Crippen LogP contribution >= 0.6 is 0 Å². The third-order valence-electron chi connectivity index (χ3n) is 2.43. The molecular formula is C13H18N4O. The molecule has 0 bridgehead atoms. The van der Waals surface area contributed by atoms with E-state index in [-0.39, 0.29) is 0 Å². The van der Waals surface area contributed by atoms with E-state index >= 15 is 0 Å². The number of aryl methyl sites for hydroxylation is 2. The van der Waals surface area contributed by atoms with E-state index in [0.717, 1.165) is 29.6 Å². The lowest BCUT2D eigenvalue weighted by Crippen LogP contribution is -2.07. The van der Waals surface area contributed by atoms with E-state index < -0.39 is 0 Å². The second-order valence-corrected chi connectivity index (χ2v) is 4.11. The predicted octanol–water partition coefficient (Wildman–Crippen LogP) is 2.73. The van der Waals surface area contributed by atoms with Gasteiger partial charge in [-0.1, -0.05) is 0 Å². The summed E-state index contributed by atoms with van der Waals surface area (Å²) in [5, 5.41) is 6.33. The maximum absolute atomic E-state index is 5.49. The third kappa shape index (κ3) is 3.23. The van der Waals surface area contributed by atoms with E-state index in [1.807, 2.05) is 39.0 Å². The molecular weight excluding hydrogens is 228 g/mol. The van der Waals surface area contributed by atoms with Crippen molar-refractivity contribution in [1.29, 1.82) is 0 Å². The zero-order valence-corrected chi connectivity index (χ0v) is 10.9. The summed E-state index contributed by atoms with van der Waals surface area (Å²) in [6, 6.07) is 5.82. The van der Waals surface area contributed by atoms with Crippen LogP contribution in [-0.2, 0) is 6.54 Å². The fourth-order valence-corrected chi connectivity index (χ4v) is 1.65. The monoisotopic (exact) mass is 246 g/mol. The van der Waals surface area contributed by atoms with Crippen LogP contribution in [0.4, 0.5) is 11.8 Å². The Kier molecular flexibility index (Phi) is 3.82. The van der Waals surface area contributed by atoms with E-state index in [2.05, 4.69) is 20.6 Å². The van der Waals surface area contributed by atoms with Gasteiger partial charge in [0.1, 0.15) is 17.3 Å². The highest BCUT2D eigenvalue weighted by Gasteiger charge is 2.03. The largest absolute Gasteiger partial charge is 0.465 e. The summed E-state index contributed by atoms with van der Waals surface area (Å²) >= 11 is 0. The number of nitrogens with zero attached hydrogens (tertiary/aromatic N) is 2. The molecule has 5 nitrogen and oxygen atoms in total. The Hall–Kier alpha value is -2.04. The maximum atomic E-state index is 5.49. The molecule has 0 fully saturated rings. The van der Waals surface area contributed by atoms with Gasteiger partial charge in [0.2, 0.25) is 5.95 Å². The minimum Gasteiger partial charge on any atom is -0.465 e. The van der Waals surface area contributed by atoms with Gasteiger partial charge in [0, 0.05) is 18.3 Å². The van der Waals surface area contributed by atoms with Crippen molar-refractivity contribution in [2.45, 2.75) is 27.3 Å². The first-order chi connectivity index (χ1) is 8.67. The van der Waals surface area contributed by atoms with Crippen LogP contribution in [0.2, 0.25) is 0 Å². The van der Waals surface area contributed by atoms with E-state index in [4.69, 9.17) is 4.42 Å². The summed E-state index contributed by atoms with van der Waals surface area (Å²) in [5.41, 5.74) is 0.930. The number of rotatable bonds is 5. The third-order valence-corrected chi connectivity index (χ3v) is 2.43. The van der Waals surface area contributed by atoms with Gasteiger partial charge in [-0.05, 0) is 32.9 Å². The van der Waals surface area contributed by atoms with E-state index in [1.165, 1.54) is 0 Å². The van der Waals surface area contributed by atoms with Crippen molar-refractivity contribution in [2.75, 3.05) is 17.2 Å². The van der Waals surface area contributed by atoms with Gasteiger partial charge in [0.15, 0.2) is 0 Å². The predicted molar refractivity (Wildman–Crippen MR) is 71.7 cm³/mol. The summed E-state index contributed by atoms with van der Waals surface area (Å²) in [6.07, 6.45) is 0. The first kappa shape index (κ1) is 12.4. The first-order valence-corrected chi connectivity index (χ1v) is 6.06.